The molecule has 0 radical (unpaired) electrons. The third-order valence-electron chi connectivity index (χ3n) is 2.06. The molecule has 66 valence electrons. The van der Waals surface area contributed by atoms with Gasteiger partial charge >= 0.3 is 0 Å². The Morgan fingerprint density at radius 3 is 2.45 bits per heavy atom. The molecular formula is C7H15NO3. The highest BCUT2D eigenvalue weighted by atomic mass is 16.4. The summed E-state index contributed by atoms with van der Waals surface area (Å²) >= 11 is 0. The van der Waals surface area contributed by atoms with Gasteiger partial charge in [0.2, 0.25) is 0 Å². The van der Waals surface area contributed by atoms with Crippen LogP contribution in [0.2, 0.25) is 0 Å². The number of hydrogen-bond acceptors (Lipinski definition) is 4. The summed E-state index contributed by atoms with van der Waals surface area (Å²) in [6, 6.07) is 0.150. The maximum atomic E-state index is 9.25. The normalized spacial score (nSPS) is 46.9. The molecule has 0 amide bonds. The van der Waals surface area contributed by atoms with E-state index in [4.69, 9.17) is 0 Å². The molecule has 0 aliphatic carbocycles. The lowest BCUT2D eigenvalue weighted by atomic mass is 10.1. The summed E-state index contributed by atoms with van der Waals surface area (Å²) in [5.41, 5.74) is 0. The van der Waals surface area contributed by atoms with E-state index in [1.54, 1.807) is 0 Å². The quantitative estimate of drug-likeness (QED) is 0.347. The van der Waals surface area contributed by atoms with Crippen molar-refractivity contribution in [3.05, 3.63) is 0 Å². The molecule has 1 saturated heterocycles. The lowest BCUT2D eigenvalue weighted by molar-refractivity contribution is -0.0511. The minimum Gasteiger partial charge on any atom is -0.390 e. The molecule has 4 atom stereocenters. The number of β-amino-alcohol motifs (C(OH)–C–C–N with tert-alkyl or cyclic N) is 1. The molecule has 0 aromatic carbocycles. The number of aliphatic hydroxyl groups excluding tert-OH is 3. The molecule has 4 heteroatoms. The molecule has 0 unspecified atom stereocenters. The summed E-state index contributed by atoms with van der Waals surface area (Å²) in [6.07, 6.45) is -2.18. The summed E-state index contributed by atoms with van der Waals surface area (Å²) in [6.45, 7) is 2.26. The Morgan fingerprint density at radius 1 is 1.18 bits per heavy atom. The Labute approximate surface area is 65.9 Å². The average molecular weight is 161 g/mol. The Balaban J connectivity index is 2.53. The van der Waals surface area contributed by atoms with Gasteiger partial charge in [-0.3, -0.25) is 0 Å². The SMILES string of the molecule is C[C@@H]1C[C@@H](O)[C@@H](O)[C@@H](O)CN1. The van der Waals surface area contributed by atoms with Crippen molar-refractivity contribution in [1.29, 1.82) is 0 Å². The molecule has 0 bridgehead atoms. The van der Waals surface area contributed by atoms with Gasteiger partial charge in [-0.15, -0.1) is 0 Å². The van der Waals surface area contributed by atoms with Gasteiger partial charge in [-0.25, -0.2) is 0 Å². The summed E-state index contributed by atoms with van der Waals surface area (Å²) < 4.78 is 0. The van der Waals surface area contributed by atoms with Crippen molar-refractivity contribution in [1.82, 2.24) is 5.32 Å². The molecular weight excluding hydrogens is 146 g/mol. The van der Waals surface area contributed by atoms with Gasteiger partial charge in [0.1, 0.15) is 6.10 Å². The first-order valence-electron chi connectivity index (χ1n) is 3.89. The van der Waals surface area contributed by atoms with Crippen LogP contribution in [-0.2, 0) is 0 Å². The van der Waals surface area contributed by atoms with Crippen LogP contribution in [0, 0.1) is 0 Å². The average Bonchev–Trinajstić information content (AvgIpc) is 2.05. The predicted molar refractivity (Wildman–Crippen MR) is 40.1 cm³/mol. The number of hydrogen-bond donors (Lipinski definition) is 4. The topological polar surface area (TPSA) is 72.7 Å². The van der Waals surface area contributed by atoms with E-state index in [1.165, 1.54) is 0 Å². The Kier molecular flexibility index (Phi) is 2.84. The van der Waals surface area contributed by atoms with Crippen molar-refractivity contribution < 1.29 is 15.3 Å². The fourth-order valence-electron chi connectivity index (χ4n) is 1.28. The van der Waals surface area contributed by atoms with Crippen LogP contribution in [0.15, 0.2) is 0 Å². The van der Waals surface area contributed by atoms with Gasteiger partial charge in [-0.05, 0) is 13.3 Å². The standard InChI is InChI=1S/C7H15NO3/c1-4-2-5(9)7(11)6(10)3-8-4/h4-11H,2-3H2,1H3/t4-,5-,6+,7-/m1/s1. The highest BCUT2D eigenvalue weighted by Gasteiger charge is 2.29. The van der Waals surface area contributed by atoms with Crippen molar-refractivity contribution in [3.63, 3.8) is 0 Å². The third-order valence-corrected chi connectivity index (χ3v) is 2.06. The van der Waals surface area contributed by atoms with E-state index in [2.05, 4.69) is 5.32 Å². The smallest absolute Gasteiger partial charge is 0.107 e. The first-order chi connectivity index (χ1) is 5.11. The minimum atomic E-state index is -1.01. The van der Waals surface area contributed by atoms with Gasteiger partial charge in [-0.1, -0.05) is 0 Å². The minimum absolute atomic E-state index is 0.150. The van der Waals surface area contributed by atoms with Crippen LogP contribution < -0.4 is 5.32 Å². The van der Waals surface area contributed by atoms with Crippen LogP contribution in [-0.4, -0.2) is 46.2 Å². The highest BCUT2D eigenvalue weighted by molar-refractivity contribution is 4.84. The number of nitrogens with one attached hydrogen (secondary N) is 1. The van der Waals surface area contributed by atoms with Gasteiger partial charge in [0, 0.05) is 12.6 Å². The van der Waals surface area contributed by atoms with Crippen LogP contribution in [0.1, 0.15) is 13.3 Å². The summed E-state index contributed by atoms with van der Waals surface area (Å²) in [5, 5.41) is 30.6. The van der Waals surface area contributed by atoms with Crippen molar-refractivity contribution in [3.8, 4) is 0 Å². The second-order valence-corrected chi connectivity index (χ2v) is 3.17. The fourth-order valence-corrected chi connectivity index (χ4v) is 1.28. The van der Waals surface area contributed by atoms with E-state index in [0.717, 1.165) is 0 Å². The second kappa shape index (κ2) is 3.49. The Hall–Kier alpha value is -0.160. The molecule has 0 saturated carbocycles. The van der Waals surface area contributed by atoms with Gasteiger partial charge in [0.15, 0.2) is 0 Å². The van der Waals surface area contributed by atoms with E-state index in [1.807, 2.05) is 6.92 Å². The van der Waals surface area contributed by atoms with Gasteiger partial charge in [0.05, 0.1) is 12.2 Å². The second-order valence-electron chi connectivity index (χ2n) is 3.17. The predicted octanol–water partition coefficient (Wildman–Crippen LogP) is -1.55. The molecule has 1 rings (SSSR count). The Morgan fingerprint density at radius 2 is 1.82 bits per heavy atom. The van der Waals surface area contributed by atoms with E-state index in [-0.39, 0.29) is 6.04 Å². The molecule has 4 N–H and O–H groups in total. The maximum absolute atomic E-state index is 9.25. The maximum Gasteiger partial charge on any atom is 0.107 e. The van der Waals surface area contributed by atoms with E-state index in [0.29, 0.717) is 13.0 Å². The molecule has 11 heavy (non-hydrogen) atoms. The zero-order chi connectivity index (χ0) is 8.43. The largest absolute Gasteiger partial charge is 0.390 e. The molecule has 0 spiro atoms. The van der Waals surface area contributed by atoms with Crippen LogP contribution in [0.4, 0.5) is 0 Å². The molecule has 1 aliphatic rings. The third kappa shape index (κ3) is 2.13. The highest BCUT2D eigenvalue weighted by Crippen LogP contribution is 2.10. The zero-order valence-electron chi connectivity index (χ0n) is 6.57. The lowest BCUT2D eigenvalue weighted by Gasteiger charge is -2.18. The molecule has 4 nitrogen and oxygen atoms in total. The first kappa shape index (κ1) is 8.93. The van der Waals surface area contributed by atoms with E-state index in [9.17, 15) is 15.3 Å². The molecule has 1 aliphatic heterocycles. The fraction of sp³-hybridized carbons (Fsp3) is 1.00. The summed E-state index contributed by atoms with van der Waals surface area (Å²) in [4.78, 5) is 0. The molecule has 0 aromatic heterocycles. The van der Waals surface area contributed by atoms with Crippen LogP contribution in [0.25, 0.3) is 0 Å². The van der Waals surface area contributed by atoms with Crippen molar-refractivity contribution in [2.24, 2.45) is 0 Å². The lowest BCUT2D eigenvalue weighted by Crippen LogP contribution is -2.38. The van der Waals surface area contributed by atoms with E-state index >= 15 is 0 Å². The van der Waals surface area contributed by atoms with Gasteiger partial charge < -0.3 is 20.6 Å². The first-order valence-corrected chi connectivity index (χ1v) is 3.89. The van der Waals surface area contributed by atoms with E-state index < -0.39 is 18.3 Å². The number of aliphatic hydroxyl groups is 3. The van der Waals surface area contributed by atoms with Crippen LogP contribution in [0.3, 0.4) is 0 Å². The van der Waals surface area contributed by atoms with Crippen molar-refractivity contribution >= 4 is 0 Å². The summed E-state index contributed by atoms with van der Waals surface area (Å²) in [5.74, 6) is 0. The number of rotatable bonds is 0. The van der Waals surface area contributed by atoms with Gasteiger partial charge in [-0.2, -0.15) is 0 Å². The van der Waals surface area contributed by atoms with Crippen molar-refractivity contribution in [2.75, 3.05) is 6.54 Å². The van der Waals surface area contributed by atoms with Gasteiger partial charge in [0.25, 0.3) is 0 Å². The monoisotopic (exact) mass is 161 g/mol. The van der Waals surface area contributed by atoms with Crippen LogP contribution >= 0.6 is 0 Å². The zero-order valence-corrected chi connectivity index (χ0v) is 6.57. The van der Waals surface area contributed by atoms with Crippen molar-refractivity contribution in [2.45, 2.75) is 37.7 Å². The molecule has 1 heterocycles. The molecule has 0 aromatic rings. The summed E-state index contributed by atoms with van der Waals surface area (Å²) in [7, 11) is 0. The van der Waals surface area contributed by atoms with Crippen LogP contribution in [0.5, 0.6) is 0 Å². The Bertz CT molecular complexity index is 131. The molecule has 1 fully saturated rings.